The van der Waals surface area contributed by atoms with Crippen LogP contribution in [0.3, 0.4) is 0 Å². The fourth-order valence-corrected chi connectivity index (χ4v) is 1.89. The predicted octanol–water partition coefficient (Wildman–Crippen LogP) is 3.43. The summed E-state index contributed by atoms with van der Waals surface area (Å²) in [6.07, 6.45) is 0. The molecule has 0 fully saturated rings. The van der Waals surface area contributed by atoms with Crippen LogP contribution in [-0.4, -0.2) is 9.78 Å². The van der Waals surface area contributed by atoms with E-state index in [1.54, 1.807) is 22.9 Å². The number of halogens is 2. The molecule has 4 nitrogen and oxygen atoms in total. The van der Waals surface area contributed by atoms with Gasteiger partial charge in [0.1, 0.15) is 5.75 Å². The lowest BCUT2D eigenvalue weighted by atomic mass is 10.3. The second-order valence-corrected chi connectivity index (χ2v) is 4.78. The van der Waals surface area contributed by atoms with Gasteiger partial charge in [-0.15, -0.1) is 0 Å². The summed E-state index contributed by atoms with van der Waals surface area (Å²) in [6.45, 7) is 3.98. The van der Waals surface area contributed by atoms with E-state index in [1.165, 1.54) is 0 Å². The summed E-state index contributed by atoms with van der Waals surface area (Å²) in [5.41, 5.74) is 8.17. The first-order chi connectivity index (χ1) is 8.49. The number of anilines is 1. The van der Waals surface area contributed by atoms with E-state index in [0.717, 1.165) is 11.4 Å². The van der Waals surface area contributed by atoms with Crippen LogP contribution in [0.2, 0.25) is 10.0 Å². The molecule has 0 aliphatic heterocycles. The van der Waals surface area contributed by atoms with E-state index in [-0.39, 0.29) is 6.73 Å². The largest absolute Gasteiger partial charge is 0.470 e. The van der Waals surface area contributed by atoms with Crippen molar-refractivity contribution in [1.82, 2.24) is 9.78 Å². The summed E-state index contributed by atoms with van der Waals surface area (Å²) in [7, 11) is 0. The van der Waals surface area contributed by atoms with Crippen LogP contribution in [0, 0.1) is 13.8 Å². The molecule has 96 valence electrons. The maximum Gasteiger partial charge on any atom is 0.181 e. The molecule has 0 spiro atoms. The second-order valence-electron chi connectivity index (χ2n) is 3.93. The highest BCUT2D eigenvalue weighted by Crippen LogP contribution is 2.28. The Labute approximate surface area is 115 Å². The highest BCUT2D eigenvalue weighted by molar-refractivity contribution is 6.34. The number of nitrogens with zero attached hydrogens (tertiary/aromatic N) is 2. The van der Waals surface area contributed by atoms with Gasteiger partial charge < -0.3 is 10.5 Å². The van der Waals surface area contributed by atoms with Gasteiger partial charge in [0.05, 0.1) is 22.1 Å². The Morgan fingerprint density at radius 2 is 2.06 bits per heavy atom. The van der Waals surface area contributed by atoms with Gasteiger partial charge >= 0.3 is 0 Å². The highest BCUT2D eigenvalue weighted by Gasteiger charge is 2.09. The summed E-state index contributed by atoms with van der Waals surface area (Å²) in [5.74, 6) is 0.523. The normalized spacial score (nSPS) is 10.7. The molecule has 0 saturated heterocycles. The zero-order valence-electron chi connectivity index (χ0n) is 10.1. The summed E-state index contributed by atoms with van der Waals surface area (Å²) in [6, 6.07) is 5.06. The minimum absolute atomic E-state index is 0.240. The van der Waals surface area contributed by atoms with Crippen molar-refractivity contribution >= 4 is 28.9 Å². The summed E-state index contributed by atoms with van der Waals surface area (Å²) in [4.78, 5) is 0. The number of hydrogen-bond donors (Lipinski definition) is 1. The molecule has 1 aromatic carbocycles. The molecule has 18 heavy (non-hydrogen) atoms. The van der Waals surface area contributed by atoms with Gasteiger partial charge in [-0.2, -0.15) is 5.10 Å². The average Bonchev–Trinajstić information content (AvgIpc) is 2.58. The first-order valence-electron chi connectivity index (χ1n) is 5.36. The molecule has 0 bridgehead atoms. The Morgan fingerprint density at radius 1 is 1.33 bits per heavy atom. The molecule has 6 heteroatoms. The van der Waals surface area contributed by atoms with Crippen molar-refractivity contribution in [2.75, 3.05) is 5.73 Å². The lowest BCUT2D eigenvalue weighted by molar-refractivity contribution is 0.218. The number of benzene rings is 1. The first kappa shape index (κ1) is 13.1. The third-order valence-electron chi connectivity index (χ3n) is 2.67. The van der Waals surface area contributed by atoms with E-state index in [2.05, 4.69) is 5.10 Å². The molecule has 0 aliphatic rings. The molecule has 0 aliphatic carbocycles. The predicted molar refractivity (Wildman–Crippen MR) is 73.2 cm³/mol. The third kappa shape index (κ3) is 2.54. The Bertz CT molecular complexity index is 581. The van der Waals surface area contributed by atoms with Crippen molar-refractivity contribution in [1.29, 1.82) is 0 Å². The fourth-order valence-electron chi connectivity index (χ4n) is 1.55. The Morgan fingerprint density at radius 3 is 2.67 bits per heavy atom. The Balaban J connectivity index is 2.16. The minimum atomic E-state index is 0.240. The smallest absolute Gasteiger partial charge is 0.181 e. The molecular weight excluding hydrogens is 273 g/mol. The van der Waals surface area contributed by atoms with Crippen LogP contribution in [0.1, 0.15) is 11.4 Å². The molecule has 2 rings (SSSR count). The second kappa shape index (κ2) is 5.08. The van der Waals surface area contributed by atoms with Crippen molar-refractivity contribution in [3.8, 4) is 5.75 Å². The van der Waals surface area contributed by atoms with E-state index >= 15 is 0 Å². The van der Waals surface area contributed by atoms with Gasteiger partial charge in [0.2, 0.25) is 0 Å². The fraction of sp³-hybridized carbons (Fsp3) is 0.250. The van der Waals surface area contributed by atoms with Crippen molar-refractivity contribution in [2.45, 2.75) is 20.6 Å². The molecule has 2 aromatic rings. The minimum Gasteiger partial charge on any atom is -0.470 e. The van der Waals surface area contributed by atoms with Crippen LogP contribution in [-0.2, 0) is 6.73 Å². The van der Waals surface area contributed by atoms with E-state index < -0.39 is 0 Å². The van der Waals surface area contributed by atoms with Crippen LogP contribution in [0.25, 0.3) is 0 Å². The molecule has 0 atom stereocenters. The first-order valence-corrected chi connectivity index (χ1v) is 6.12. The molecule has 0 saturated carbocycles. The number of nitrogens with two attached hydrogens (primary N) is 1. The molecule has 2 N–H and O–H groups in total. The Hall–Kier alpha value is -1.39. The molecule has 0 unspecified atom stereocenters. The van der Waals surface area contributed by atoms with E-state index in [9.17, 15) is 0 Å². The molecular formula is C12H13Cl2N3O. The van der Waals surface area contributed by atoms with Gasteiger partial charge in [-0.3, -0.25) is 0 Å². The SMILES string of the molecule is Cc1nn(COc2cc(Cl)ccc2Cl)c(C)c1N. The van der Waals surface area contributed by atoms with Gasteiger partial charge in [0, 0.05) is 11.1 Å². The van der Waals surface area contributed by atoms with Crippen LogP contribution >= 0.6 is 23.2 Å². The van der Waals surface area contributed by atoms with E-state index in [1.807, 2.05) is 13.8 Å². The van der Waals surface area contributed by atoms with Gasteiger partial charge in [0.25, 0.3) is 0 Å². The van der Waals surface area contributed by atoms with Gasteiger partial charge in [-0.05, 0) is 26.0 Å². The quantitative estimate of drug-likeness (QED) is 0.940. The summed E-state index contributed by atoms with van der Waals surface area (Å²) >= 11 is 11.9. The average molecular weight is 286 g/mol. The van der Waals surface area contributed by atoms with Crippen molar-refractivity contribution in [3.05, 3.63) is 39.6 Å². The van der Waals surface area contributed by atoms with Crippen LogP contribution in [0.4, 0.5) is 5.69 Å². The van der Waals surface area contributed by atoms with Crippen molar-refractivity contribution in [2.24, 2.45) is 0 Å². The third-order valence-corrected chi connectivity index (χ3v) is 3.22. The van der Waals surface area contributed by atoms with Crippen LogP contribution < -0.4 is 10.5 Å². The standard InChI is InChI=1S/C12H13Cl2N3O/c1-7-12(15)8(2)17(16-7)6-18-11-5-9(13)3-4-10(11)14/h3-5H,6,15H2,1-2H3. The van der Waals surface area contributed by atoms with Gasteiger partial charge in [-0.25, -0.2) is 4.68 Å². The van der Waals surface area contributed by atoms with Crippen molar-refractivity contribution in [3.63, 3.8) is 0 Å². The molecule has 1 aromatic heterocycles. The summed E-state index contributed by atoms with van der Waals surface area (Å²) in [5, 5.41) is 5.35. The lowest BCUT2D eigenvalue weighted by Gasteiger charge is -2.09. The summed E-state index contributed by atoms with van der Waals surface area (Å²) < 4.78 is 7.26. The van der Waals surface area contributed by atoms with Gasteiger partial charge in [0.15, 0.2) is 6.73 Å². The topological polar surface area (TPSA) is 53.1 Å². The maximum absolute atomic E-state index is 6.00. The molecule has 0 radical (unpaired) electrons. The number of ether oxygens (including phenoxy) is 1. The van der Waals surface area contributed by atoms with Crippen LogP contribution in [0.15, 0.2) is 18.2 Å². The van der Waals surface area contributed by atoms with E-state index in [0.29, 0.717) is 21.5 Å². The Kier molecular flexibility index (Phi) is 3.68. The maximum atomic E-state index is 6.00. The van der Waals surface area contributed by atoms with E-state index in [4.69, 9.17) is 33.7 Å². The number of rotatable bonds is 3. The van der Waals surface area contributed by atoms with Crippen molar-refractivity contribution < 1.29 is 4.74 Å². The molecule has 0 amide bonds. The molecule has 1 heterocycles. The number of hydrogen-bond acceptors (Lipinski definition) is 3. The zero-order valence-corrected chi connectivity index (χ0v) is 11.6. The number of aromatic nitrogens is 2. The van der Waals surface area contributed by atoms with Gasteiger partial charge in [-0.1, -0.05) is 23.2 Å². The highest BCUT2D eigenvalue weighted by atomic mass is 35.5. The monoisotopic (exact) mass is 285 g/mol. The lowest BCUT2D eigenvalue weighted by Crippen LogP contribution is -2.09. The number of nitrogen functional groups attached to an aromatic ring is 1. The van der Waals surface area contributed by atoms with Crippen LogP contribution in [0.5, 0.6) is 5.75 Å². The zero-order chi connectivity index (χ0) is 13.3. The number of aryl methyl sites for hydroxylation is 1.